The van der Waals surface area contributed by atoms with E-state index in [-0.39, 0.29) is 23.1 Å². The molecule has 170 valence electrons. The summed E-state index contributed by atoms with van der Waals surface area (Å²) in [5.41, 5.74) is 2.74. The van der Waals surface area contributed by atoms with Gasteiger partial charge in [0.25, 0.3) is 5.56 Å². The average Bonchev–Trinajstić information content (AvgIpc) is 3.26. The van der Waals surface area contributed by atoms with Gasteiger partial charge in [0.05, 0.1) is 11.4 Å². The van der Waals surface area contributed by atoms with E-state index in [1.165, 1.54) is 23.1 Å². The third kappa shape index (κ3) is 4.87. The zero-order valence-electron chi connectivity index (χ0n) is 17.6. The number of carbonyl (C=O) groups is 1. The number of aromatic nitrogens is 2. The summed E-state index contributed by atoms with van der Waals surface area (Å²) in [5, 5.41) is 5.90. The Balaban J connectivity index is 1.16. The SMILES string of the molecule is O=C(CSC(=S)N1C[C@H]2C[C@@H](C1)c1cccc(=O)n1C2)Nc1nc(-c2ccccc2Cl)cs1. The molecule has 1 N–H and O–H groups in total. The summed E-state index contributed by atoms with van der Waals surface area (Å²) < 4.78 is 2.63. The number of thiocarbonyl (C=S) groups is 1. The lowest BCUT2D eigenvalue weighted by Gasteiger charge is -2.43. The van der Waals surface area contributed by atoms with Crippen LogP contribution in [0.2, 0.25) is 5.02 Å². The van der Waals surface area contributed by atoms with Gasteiger partial charge in [0, 0.05) is 53.3 Å². The molecule has 3 aromatic rings. The van der Waals surface area contributed by atoms with Crippen LogP contribution in [-0.4, -0.2) is 43.5 Å². The highest BCUT2D eigenvalue weighted by Gasteiger charge is 2.35. The molecule has 1 aromatic carbocycles. The molecule has 0 unspecified atom stereocenters. The number of likely N-dealkylation sites (tertiary alicyclic amines) is 1. The van der Waals surface area contributed by atoms with Crippen molar-refractivity contribution >= 4 is 62.3 Å². The standard InChI is InChI=1S/C23H21ClN4O2S3/c24-17-5-2-1-4-16(17)18-12-32-22(25-18)26-20(29)13-33-23(31)27-9-14-8-15(11-27)19-6-3-7-21(30)28(19)10-14/h1-7,12,14-15H,8-11,13H2,(H,25,26,29)/t14-,15+/m1/s1. The first-order chi connectivity index (χ1) is 16.0. The van der Waals surface area contributed by atoms with E-state index in [0.717, 1.165) is 47.3 Å². The summed E-state index contributed by atoms with van der Waals surface area (Å²) in [7, 11) is 0. The molecular weight excluding hydrogens is 496 g/mol. The minimum Gasteiger partial charge on any atom is -0.356 e. The van der Waals surface area contributed by atoms with Crippen molar-refractivity contribution in [1.82, 2.24) is 14.5 Å². The predicted molar refractivity (Wildman–Crippen MR) is 139 cm³/mol. The number of nitrogens with zero attached hydrogens (tertiary/aromatic N) is 3. The number of amides is 1. The summed E-state index contributed by atoms with van der Waals surface area (Å²) in [6.45, 7) is 2.33. The third-order valence-electron chi connectivity index (χ3n) is 5.97. The number of halogens is 1. The van der Waals surface area contributed by atoms with Crippen molar-refractivity contribution < 1.29 is 4.79 Å². The van der Waals surface area contributed by atoms with Crippen molar-refractivity contribution in [2.45, 2.75) is 18.9 Å². The van der Waals surface area contributed by atoms with Gasteiger partial charge in [0.2, 0.25) is 5.91 Å². The maximum absolute atomic E-state index is 12.5. The molecule has 0 spiro atoms. The molecule has 6 nitrogen and oxygen atoms in total. The quantitative estimate of drug-likeness (QED) is 0.507. The fourth-order valence-electron chi connectivity index (χ4n) is 4.54. The van der Waals surface area contributed by atoms with Crippen LogP contribution in [-0.2, 0) is 11.3 Å². The Morgan fingerprint density at radius 3 is 2.91 bits per heavy atom. The minimum absolute atomic E-state index is 0.0733. The molecule has 5 rings (SSSR count). The lowest BCUT2D eigenvalue weighted by molar-refractivity contribution is -0.113. The van der Waals surface area contributed by atoms with Crippen LogP contribution in [0.3, 0.4) is 0 Å². The molecule has 0 aliphatic carbocycles. The van der Waals surface area contributed by atoms with Crippen LogP contribution in [0.4, 0.5) is 5.13 Å². The molecule has 1 saturated heterocycles. The number of carbonyl (C=O) groups excluding carboxylic acids is 1. The Labute approximate surface area is 210 Å². The Kier molecular flexibility index (Phi) is 6.56. The van der Waals surface area contributed by atoms with Crippen molar-refractivity contribution in [1.29, 1.82) is 0 Å². The van der Waals surface area contributed by atoms with Crippen LogP contribution in [0, 0.1) is 5.92 Å². The monoisotopic (exact) mass is 516 g/mol. The summed E-state index contributed by atoms with van der Waals surface area (Å²) in [4.78, 5) is 31.4. The second-order valence-corrected chi connectivity index (χ2v) is 11.1. The van der Waals surface area contributed by atoms with Crippen molar-refractivity contribution in [3.8, 4) is 11.3 Å². The van der Waals surface area contributed by atoms with E-state index in [9.17, 15) is 9.59 Å². The minimum atomic E-state index is -0.142. The van der Waals surface area contributed by atoms with Gasteiger partial charge < -0.3 is 14.8 Å². The molecule has 33 heavy (non-hydrogen) atoms. The van der Waals surface area contributed by atoms with Gasteiger partial charge in [-0.15, -0.1) is 11.3 Å². The highest BCUT2D eigenvalue weighted by atomic mass is 35.5. The van der Waals surface area contributed by atoms with Gasteiger partial charge in [-0.3, -0.25) is 9.59 Å². The van der Waals surface area contributed by atoms with E-state index in [0.29, 0.717) is 16.1 Å². The van der Waals surface area contributed by atoms with Gasteiger partial charge in [-0.05, 0) is 24.5 Å². The first kappa shape index (κ1) is 22.6. The second kappa shape index (κ2) is 9.58. The highest BCUT2D eigenvalue weighted by molar-refractivity contribution is 8.23. The fourth-order valence-corrected chi connectivity index (χ4v) is 6.49. The molecule has 2 aliphatic rings. The molecule has 0 saturated carbocycles. The maximum Gasteiger partial charge on any atom is 0.250 e. The van der Waals surface area contributed by atoms with Crippen LogP contribution in [0.5, 0.6) is 0 Å². The van der Waals surface area contributed by atoms with Gasteiger partial charge in [0.1, 0.15) is 4.32 Å². The summed E-state index contributed by atoms with van der Waals surface area (Å²) in [5.74, 6) is 0.762. The number of rotatable bonds is 4. The van der Waals surface area contributed by atoms with E-state index in [1.807, 2.05) is 46.3 Å². The van der Waals surface area contributed by atoms with Crippen LogP contribution in [0.25, 0.3) is 11.3 Å². The zero-order valence-corrected chi connectivity index (χ0v) is 20.8. The molecule has 10 heteroatoms. The van der Waals surface area contributed by atoms with Crippen LogP contribution >= 0.6 is 46.9 Å². The highest BCUT2D eigenvalue weighted by Crippen LogP contribution is 2.36. The predicted octanol–water partition coefficient (Wildman–Crippen LogP) is 4.70. The van der Waals surface area contributed by atoms with Gasteiger partial charge in [-0.1, -0.05) is 59.8 Å². The van der Waals surface area contributed by atoms with E-state index < -0.39 is 0 Å². The van der Waals surface area contributed by atoms with Gasteiger partial charge >= 0.3 is 0 Å². The number of thiazole rings is 1. The number of piperidine rings is 1. The molecule has 2 aromatic heterocycles. The Morgan fingerprint density at radius 2 is 2.06 bits per heavy atom. The maximum atomic E-state index is 12.5. The topological polar surface area (TPSA) is 67.2 Å². The number of fused-ring (bicyclic) bond motifs is 4. The Morgan fingerprint density at radius 1 is 1.21 bits per heavy atom. The molecule has 1 amide bonds. The van der Waals surface area contributed by atoms with Crippen molar-refractivity contribution in [2.24, 2.45) is 5.92 Å². The van der Waals surface area contributed by atoms with Crippen molar-refractivity contribution in [2.75, 3.05) is 24.2 Å². The summed E-state index contributed by atoms with van der Waals surface area (Å²) >= 11 is 14.6. The zero-order chi connectivity index (χ0) is 22.9. The third-order valence-corrected chi connectivity index (χ3v) is 8.58. The molecule has 4 heterocycles. The van der Waals surface area contributed by atoms with Crippen LogP contribution in [0.1, 0.15) is 18.0 Å². The number of hydrogen-bond acceptors (Lipinski definition) is 6. The molecular formula is C23H21ClN4O2S3. The number of thioether (sulfide) groups is 1. The van der Waals surface area contributed by atoms with E-state index >= 15 is 0 Å². The number of anilines is 1. The Bertz CT molecular complexity index is 1270. The normalized spacial score (nSPS) is 19.1. The molecule has 2 atom stereocenters. The number of hydrogen-bond donors (Lipinski definition) is 1. The van der Waals surface area contributed by atoms with Crippen molar-refractivity contribution in [3.63, 3.8) is 0 Å². The van der Waals surface area contributed by atoms with Crippen molar-refractivity contribution in [3.05, 3.63) is 68.9 Å². The second-order valence-electron chi connectivity index (χ2n) is 8.22. The number of benzene rings is 1. The smallest absolute Gasteiger partial charge is 0.250 e. The van der Waals surface area contributed by atoms with Gasteiger partial charge in [-0.2, -0.15) is 0 Å². The molecule has 0 radical (unpaired) electrons. The number of pyridine rings is 1. The number of nitrogens with one attached hydrogen (secondary N) is 1. The molecule has 2 aliphatic heterocycles. The molecule has 2 bridgehead atoms. The largest absolute Gasteiger partial charge is 0.356 e. The molecule has 1 fully saturated rings. The van der Waals surface area contributed by atoms with E-state index in [1.54, 1.807) is 6.07 Å². The summed E-state index contributed by atoms with van der Waals surface area (Å²) in [6, 6.07) is 13.0. The van der Waals surface area contributed by atoms with Crippen LogP contribution < -0.4 is 10.9 Å². The average molecular weight is 517 g/mol. The first-order valence-corrected chi connectivity index (χ1v) is 13.2. The van der Waals surface area contributed by atoms with Crippen LogP contribution in [0.15, 0.2) is 52.6 Å². The lowest BCUT2D eigenvalue weighted by atomic mass is 9.83. The first-order valence-electron chi connectivity index (χ1n) is 10.6. The van der Waals surface area contributed by atoms with Gasteiger partial charge in [0.15, 0.2) is 5.13 Å². The van der Waals surface area contributed by atoms with E-state index in [4.69, 9.17) is 23.8 Å². The summed E-state index contributed by atoms with van der Waals surface area (Å²) in [6.07, 6.45) is 1.07. The van der Waals surface area contributed by atoms with Gasteiger partial charge in [-0.25, -0.2) is 4.98 Å². The Hall–Kier alpha value is -2.20. The fraction of sp³-hybridized carbons (Fsp3) is 0.304. The van der Waals surface area contributed by atoms with E-state index in [2.05, 4.69) is 15.2 Å². The lowest BCUT2D eigenvalue weighted by Crippen LogP contribution is -2.48.